The zero-order valence-electron chi connectivity index (χ0n) is 12.5. The molecule has 1 unspecified atom stereocenters. The maximum absolute atomic E-state index is 12.7. The van der Waals surface area contributed by atoms with Crippen LogP contribution in [0.25, 0.3) is 0 Å². The second-order valence-electron chi connectivity index (χ2n) is 5.09. The zero-order valence-corrected chi connectivity index (χ0v) is 13.3. The van der Waals surface area contributed by atoms with Crippen molar-refractivity contribution in [2.75, 3.05) is 12.8 Å². The largest absolute Gasteiger partial charge is 0.397 e. The van der Waals surface area contributed by atoms with Gasteiger partial charge in [0.2, 0.25) is 0 Å². The molecule has 2 aromatic rings. The predicted molar refractivity (Wildman–Crippen MR) is 86.5 cm³/mol. The first kappa shape index (κ1) is 15.4. The van der Waals surface area contributed by atoms with E-state index in [4.69, 9.17) is 17.3 Å². The number of aromatic nitrogens is 1. The van der Waals surface area contributed by atoms with Crippen molar-refractivity contribution >= 4 is 23.2 Å². The van der Waals surface area contributed by atoms with Crippen LogP contribution in [0.1, 0.15) is 35.9 Å². The van der Waals surface area contributed by atoms with Gasteiger partial charge in [0.15, 0.2) is 0 Å². The van der Waals surface area contributed by atoms with Gasteiger partial charge in [0.1, 0.15) is 5.69 Å². The molecule has 1 amide bonds. The molecule has 0 bridgehead atoms. The highest BCUT2D eigenvalue weighted by Gasteiger charge is 2.22. The fraction of sp³-hybridized carbons (Fsp3) is 0.312. The van der Waals surface area contributed by atoms with E-state index in [-0.39, 0.29) is 11.9 Å². The first-order chi connectivity index (χ1) is 9.93. The van der Waals surface area contributed by atoms with E-state index in [1.807, 2.05) is 42.7 Å². The minimum atomic E-state index is -0.0716. The molecule has 1 aromatic heterocycles. The Labute approximate surface area is 130 Å². The van der Waals surface area contributed by atoms with Crippen LogP contribution in [0.15, 0.2) is 36.5 Å². The summed E-state index contributed by atoms with van der Waals surface area (Å²) in [6, 6.07) is 9.20. The normalized spacial score (nSPS) is 12.2. The number of anilines is 1. The van der Waals surface area contributed by atoms with Crippen LogP contribution < -0.4 is 5.73 Å². The fourth-order valence-corrected chi connectivity index (χ4v) is 2.52. The number of aryl methyl sites for hydroxylation is 1. The molecule has 5 heteroatoms. The van der Waals surface area contributed by atoms with E-state index in [1.165, 1.54) is 0 Å². The van der Waals surface area contributed by atoms with Gasteiger partial charge in [0, 0.05) is 24.8 Å². The molecule has 0 saturated carbocycles. The van der Waals surface area contributed by atoms with E-state index >= 15 is 0 Å². The summed E-state index contributed by atoms with van der Waals surface area (Å²) >= 11 is 6.02. The topological polar surface area (TPSA) is 51.3 Å². The van der Waals surface area contributed by atoms with Crippen LogP contribution in [0.2, 0.25) is 5.02 Å². The number of carbonyl (C=O) groups excluding carboxylic acids is 1. The molecule has 1 heterocycles. The number of nitrogens with zero attached hydrogens (tertiary/aromatic N) is 2. The third kappa shape index (κ3) is 3.22. The second kappa shape index (κ2) is 6.22. The zero-order chi connectivity index (χ0) is 15.6. The van der Waals surface area contributed by atoms with Gasteiger partial charge < -0.3 is 15.2 Å². The first-order valence-electron chi connectivity index (χ1n) is 6.92. The summed E-state index contributed by atoms with van der Waals surface area (Å²) in [5.41, 5.74) is 8.00. The number of carbonyl (C=O) groups is 1. The van der Waals surface area contributed by atoms with Gasteiger partial charge in [-0.1, -0.05) is 23.7 Å². The molecule has 0 aliphatic carbocycles. The van der Waals surface area contributed by atoms with E-state index in [0.29, 0.717) is 22.9 Å². The summed E-state index contributed by atoms with van der Waals surface area (Å²) in [6.45, 7) is 4.67. The highest BCUT2D eigenvalue weighted by atomic mass is 35.5. The third-order valence-electron chi connectivity index (χ3n) is 3.71. The van der Waals surface area contributed by atoms with E-state index in [2.05, 4.69) is 0 Å². The molecule has 0 saturated heterocycles. The molecule has 2 N–H and O–H groups in total. The van der Waals surface area contributed by atoms with Crippen LogP contribution in [0, 0.1) is 0 Å². The molecular weight excluding hydrogens is 286 g/mol. The van der Waals surface area contributed by atoms with Crippen molar-refractivity contribution in [2.45, 2.75) is 26.4 Å². The van der Waals surface area contributed by atoms with E-state index in [0.717, 1.165) is 5.56 Å². The van der Waals surface area contributed by atoms with Crippen molar-refractivity contribution in [3.8, 4) is 0 Å². The molecule has 21 heavy (non-hydrogen) atoms. The smallest absolute Gasteiger partial charge is 0.270 e. The molecule has 4 nitrogen and oxygen atoms in total. The van der Waals surface area contributed by atoms with Gasteiger partial charge >= 0.3 is 0 Å². The predicted octanol–water partition coefficient (Wildman–Crippen LogP) is 3.58. The van der Waals surface area contributed by atoms with Crippen LogP contribution >= 0.6 is 11.6 Å². The third-order valence-corrected chi connectivity index (χ3v) is 3.94. The molecule has 112 valence electrons. The Kier molecular flexibility index (Phi) is 4.58. The van der Waals surface area contributed by atoms with Gasteiger partial charge in [-0.15, -0.1) is 0 Å². The summed E-state index contributed by atoms with van der Waals surface area (Å²) < 4.78 is 1.86. The summed E-state index contributed by atoms with van der Waals surface area (Å²) in [7, 11) is 1.79. The molecule has 0 aliphatic rings. The lowest BCUT2D eigenvalue weighted by Crippen LogP contribution is -2.31. The van der Waals surface area contributed by atoms with Crippen LogP contribution in [0.4, 0.5) is 5.69 Å². The van der Waals surface area contributed by atoms with Gasteiger partial charge in [-0.05, 0) is 37.6 Å². The van der Waals surface area contributed by atoms with Crippen molar-refractivity contribution in [1.82, 2.24) is 9.47 Å². The van der Waals surface area contributed by atoms with Crippen molar-refractivity contribution < 1.29 is 4.79 Å². The molecule has 0 fully saturated rings. The lowest BCUT2D eigenvalue weighted by atomic mass is 10.1. The Morgan fingerprint density at radius 3 is 2.76 bits per heavy atom. The Balaban J connectivity index is 2.26. The van der Waals surface area contributed by atoms with Crippen LogP contribution in [0.5, 0.6) is 0 Å². The molecule has 0 aliphatic heterocycles. The summed E-state index contributed by atoms with van der Waals surface area (Å²) in [5.74, 6) is -0.0546. The number of rotatable bonds is 4. The van der Waals surface area contributed by atoms with E-state index in [1.54, 1.807) is 24.2 Å². The monoisotopic (exact) mass is 305 g/mol. The Morgan fingerprint density at radius 1 is 1.43 bits per heavy atom. The number of hydrogen-bond donors (Lipinski definition) is 1. The van der Waals surface area contributed by atoms with Crippen LogP contribution in [-0.4, -0.2) is 22.4 Å². The maximum Gasteiger partial charge on any atom is 0.270 e. The highest BCUT2D eigenvalue weighted by molar-refractivity contribution is 6.30. The molecule has 2 rings (SSSR count). The van der Waals surface area contributed by atoms with Crippen LogP contribution in [-0.2, 0) is 6.54 Å². The second-order valence-corrected chi connectivity index (χ2v) is 5.53. The summed E-state index contributed by atoms with van der Waals surface area (Å²) in [5, 5.41) is 0.668. The average molecular weight is 306 g/mol. The highest BCUT2D eigenvalue weighted by Crippen LogP contribution is 2.24. The molecule has 0 radical (unpaired) electrons. The lowest BCUT2D eigenvalue weighted by Gasteiger charge is -2.26. The molecule has 0 spiro atoms. The SMILES string of the molecule is CCn1cc(N)cc1C(=O)N(C)C(C)c1cccc(Cl)c1. The van der Waals surface area contributed by atoms with Gasteiger partial charge in [0.25, 0.3) is 5.91 Å². The number of nitrogen functional groups attached to an aromatic ring is 1. The van der Waals surface area contributed by atoms with Crippen molar-refractivity contribution in [1.29, 1.82) is 0 Å². The average Bonchev–Trinajstić information content (AvgIpc) is 2.86. The van der Waals surface area contributed by atoms with Crippen molar-refractivity contribution in [2.24, 2.45) is 0 Å². The van der Waals surface area contributed by atoms with Gasteiger partial charge in [-0.25, -0.2) is 0 Å². The van der Waals surface area contributed by atoms with Gasteiger partial charge in [-0.3, -0.25) is 4.79 Å². The fourth-order valence-electron chi connectivity index (χ4n) is 2.32. The van der Waals surface area contributed by atoms with Crippen LogP contribution in [0.3, 0.4) is 0 Å². The Hall–Kier alpha value is -1.94. The minimum absolute atomic E-state index is 0.0546. The van der Waals surface area contributed by atoms with E-state index in [9.17, 15) is 4.79 Å². The number of amides is 1. The molecule has 1 aromatic carbocycles. The number of hydrogen-bond acceptors (Lipinski definition) is 2. The van der Waals surface area contributed by atoms with E-state index < -0.39 is 0 Å². The molecule has 1 atom stereocenters. The van der Waals surface area contributed by atoms with Gasteiger partial charge in [-0.2, -0.15) is 0 Å². The van der Waals surface area contributed by atoms with Crippen molar-refractivity contribution in [3.05, 3.63) is 52.8 Å². The first-order valence-corrected chi connectivity index (χ1v) is 7.30. The molecular formula is C16H20ClN3O. The number of benzene rings is 1. The quantitative estimate of drug-likeness (QED) is 0.938. The number of halogens is 1. The maximum atomic E-state index is 12.7. The number of nitrogens with two attached hydrogens (primary N) is 1. The Bertz CT molecular complexity index is 651. The lowest BCUT2D eigenvalue weighted by molar-refractivity contribution is 0.0732. The summed E-state index contributed by atoms with van der Waals surface area (Å²) in [6.07, 6.45) is 1.78. The standard InChI is InChI=1S/C16H20ClN3O/c1-4-20-10-14(18)9-15(20)16(21)19(3)11(2)12-6-5-7-13(17)8-12/h5-11H,4,18H2,1-3H3. The van der Waals surface area contributed by atoms with Crippen molar-refractivity contribution in [3.63, 3.8) is 0 Å². The summed E-state index contributed by atoms with van der Waals surface area (Å²) in [4.78, 5) is 14.4. The minimum Gasteiger partial charge on any atom is -0.397 e. The Morgan fingerprint density at radius 2 is 2.14 bits per heavy atom. The van der Waals surface area contributed by atoms with Gasteiger partial charge in [0.05, 0.1) is 11.7 Å².